The first-order chi connectivity index (χ1) is 12.9. The summed E-state index contributed by atoms with van der Waals surface area (Å²) in [5.74, 6) is -0.159. The molecule has 3 rings (SSSR count). The average Bonchev–Trinajstić information content (AvgIpc) is 3.01. The molecule has 0 aliphatic carbocycles. The summed E-state index contributed by atoms with van der Waals surface area (Å²) in [6.45, 7) is 9.02. The summed E-state index contributed by atoms with van der Waals surface area (Å²) >= 11 is 0. The predicted molar refractivity (Wildman–Crippen MR) is 106 cm³/mol. The van der Waals surface area contributed by atoms with Crippen LogP contribution in [0.1, 0.15) is 39.0 Å². The lowest BCUT2D eigenvalue weighted by molar-refractivity contribution is 0.0600. The van der Waals surface area contributed by atoms with E-state index in [1.807, 2.05) is 32.0 Å². The van der Waals surface area contributed by atoms with Crippen LogP contribution in [0, 0.1) is 13.8 Å². The van der Waals surface area contributed by atoms with Gasteiger partial charge in [-0.1, -0.05) is 0 Å². The van der Waals surface area contributed by atoms with Crippen LogP contribution in [0.2, 0.25) is 0 Å². The third-order valence-corrected chi connectivity index (χ3v) is 5.22. The summed E-state index contributed by atoms with van der Waals surface area (Å²) in [6, 6.07) is 9.68. The molecule has 6 nitrogen and oxygen atoms in total. The van der Waals surface area contributed by atoms with E-state index in [1.54, 1.807) is 12.1 Å². The molecule has 0 radical (unpaired) electrons. The highest BCUT2D eigenvalue weighted by Gasteiger charge is 2.26. The molecule has 1 atom stereocenters. The molecule has 27 heavy (non-hydrogen) atoms. The first-order valence-electron chi connectivity index (χ1n) is 9.26. The van der Waals surface area contributed by atoms with E-state index in [1.165, 1.54) is 7.11 Å². The van der Waals surface area contributed by atoms with E-state index in [0.29, 0.717) is 12.1 Å². The molecule has 1 aliphatic heterocycles. The van der Waals surface area contributed by atoms with Gasteiger partial charge in [0.05, 0.1) is 19.2 Å². The number of esters is 1. The minimum atomic E-state index is -0.325. The van der Waals surface area contributed by atoms with Crippen LogP contribution in [-0.2, 0) is 4.74 Å². The number of carbonyl (C=O) groups excluding carboxylic acids is 2. The Bertz CT molecular complexity index is 826. The van der Waals surface area contributed by atoms with Crippen molar-refractivity contribution in [2.75, 3.05) is 38.2 Å². The number of rotatable bonds is 5. The van der Waals surface area contributed by atoms with Crippen molar-refractivity contribution in [3.63, 3.8) is 0 Å². The number of aryl methyl sites for hydroxylation is 2. The highest BCUT2D eigenvalue weighted by molar-refractivity contribution is 5.99. The number of benzene rings is 1. The van der Waals surface area contributed by atoms with Gasteiger partial charge in [-0.3, -0.25) is 9.69 Å². The van der Waals surface area contributed by atoms with E-state index in [2.05, 4.69) is 21.7 Å². The van der Waals surface area contributed by atoms with Crippen molar-refractivity contribution in [3.05, 3.63) is 52.8 Å². The molecule has 144 valence electrons. The second kappa shape index (κ2) is 7.96. The minimum Gasteiger partial charge on any atom is -0.465 e. The number of hydrogen-bond acceptors (Lipinski definition) is 5. The van der Waals surface area contributed by atoms with Gasteiger partial charge in [-0.2, -0.15) is 0 Å². The summed E-state index contributed by atoms with van der Waals surface area (Å²) in [4.78, 5) is 32.0. The smallest absolute Gasteiger partial charge is 0.337 e. The van der Waals surface area contributed by atoms with E-state index in [-0.39, 0.29) is 17.8 Å². The number of nitrogens with one attached hydrogen (secondary N) is 1. The summed E-state index contributed by atoms with van der Waals surface area (Å²) in [7, 11) is 1.38. The molecule has 1 saturated heterocycles. The molecule has 2 aromatic rings. The maximum atomic E-state index is 12.7. The Hall–Kier alpha value is -2.60. The Balaban J connectivity index is 1.61. The number of Topliss-reactive ketones (excluding diaryl/α,β-unsaturated/α-hetero) is 1. The Kier molecular flexibility index (Phi) is 5.65. The van der Waals surface area contributed by atoms with Gasteiger partial charge in [0.1, 0.15) is 0 Å². The van der Waals surface area contributed by atoms with Crippen molar-refractivity contribution in [1.82, 2.24) is 9.88 Å². The van der Waals surface area contributed by atoms with E-state index in [9.17, 15) is 9.59 Å². The van der Waals surface area contributed by atoms with Crippen molar-refractivity contribution in [2.24, 2.45) is 0 Å². The van der Waals surface area contributed by atoms with Gasteiger partial charge in [0.25, 0.3) is 0 Å². The van der Waals surface area contributed by atoms with E-state index in [0.717, 1.165) is 42.3 Å². The summed E-state index contributed by atoms with van der Waals surface area (Å²) < 4.78 is 4.74. The van der Waals surface area contributed by atoms with Crippen molar-refractivity contribution in [2.45, 2.75) is 26.8 Å². The fourth-order valence-corrected chi connectivity index (χ4v) is 3.67. The molecule has 0 saturated carbocycles. The highest BCUT2D eigenvalue weighted by atomic mass is 16.5. The molecule has 1 aromatic carbocycles. The zero-order valence-corrected chi connectivity index (χ0v) is 16.4. The number of aromatic amines is 1. The maximum Gasteiger partial charge on any atom is 0.337 e. The van der Waals surface area contributed by atoms with E-state index < -0.39 is 0 Å². The second-order valence-corrected chi connectivity index (χ2v) is 7.22. The van der Waals surface area contributed by atoms with Gasteiger partial charge in [0, 0.05) is 48.3 Å². The Morgan fingerprint density at radius 3 is 2.44 bits per heavy atom. The molecular weight excluding hydrogens is 342 g/mol. The number of methoxy groups -OCH3 is 1. The monoisotopic (exact) mass is 369 g/mol. The SMILES string of the molecule is COC(=O)c1ccc(N2CCN(CC(=O)c3cc(C)[nH]c3C)C(C)C2)cc1. The lowest BCUT2D eigenvalue weighted by atomic mass is 10.1. The molecule has 2 heterocycles. The van der Waals surface area contributed by atoms with Crippen molar-refractivity contribution in [1.29, 1.82) is 0 Å². The number of ketones is 1. The van der Waals surface area contributed by atoms with Crippen LogP contribution < -0.4 is 4.90 Å². The number of ether oxygens (including phenoxy) is 1. The predicted octanol–water partition coefficient (Wildman–Crippen LogP) is 2.81. The van der Waals surface area contributed by atoms with Crippen LogP contribution in [0.4, 0.5) is 5.69 Å². The number of nitrogens with zero attached hydrogens (tertiary/aromatic N) is 2. The quantitative estimate of drug-likeness (QED) is 0.648. The average molecular weight is 369 g/mol. The number of aromatic nitrogens is 1. The molecule has 1 unspecified atom stereocenters. The Labute approximate surface area is 160 Å². The molecule has 0 amide bonds. The van der Waals surface area contributed by atoms with Gasteiger partial charge in [-0.25, -0.2) is 4.79 Å². The largest absolute Gasteiger partial charge is 0.465 e. The number of H-pyrrole nitrogens is 1. The van der Waals surface area contributed by atoms with Gasteiger partial charge in [-0.05, 0) is 51.1 Å². The molecule has 1 fully saturated rings. The van der Waals surface area contributed by atoms with Crippen LogP contribution in [-0.4, -0.2) is 61.0 Å². The van der Waals surface area contributed by atoms with Crippen LogP contribution in [0.5, 0.6) is 0 Å². The topological polar surface area (TPSA) is 65.6 Å². The van der Waals surface area contributed by atoms with Crippen LogP contribution in [0.15, 0.2) is 30.3 Å². The first-order valence-corrected chi connectivity index (χ1v) is 9.26. The fourth-order valence-electron chi connectivity index (χ4n) is 3.67. The zero-order valence-electron chi connectivity index (χ0n) is 16.4. The number of carbonyl (C=O) groups is 2. The zero-order chi connectivity index (χ0) is 19.6. The Morgan fingerprint density at radius 1 is 1.19 bits per heavy atom. The van der Waals surface area contributed by atoms with Crippen LogP contribution >= 0.6 is 0 Å². The van der Waals surface area contributed by atoms with Crippen molar-refractivity contribution < 1.29 is 14.3 Å². The number of hydrogen-bond donors (Lipinski definition) is 1. The van der Waals surface area contributed by atoms with Gasteiger partial charge in [0.2, 0.25) is 0 Å². The minimum absolute atomic E-state index is 0.166. The molecular formula is C21H27N3O3. The van der Waals surface area contributed by atoms with Crippen LogP contribution in [0.3, 0.4) is 0 Å². The number of piperazine rings is 1. The van der Waals surface area contributed by atoms with E-state index >= 15 is 0 Å². The Morgan fingerprint density at radius 2 is 1.89 bits per heavy atom. The molecule has 1 aromatic heterocycles. The molecule has 6 heteroatoms. The lowest BCUT2D eigenvalue weighted by Crippen LogP contribution is -2.53. The van der Waals surface area contributed by atoms with Crippen molar-refractivity contribution in [3.8, 4) is 0 Å². The fraction of sp³-hybridized carbons (Fsp3) is 0.429. The third-order valence-electron chi connectivity index (χ3n) is 5.22. The lowest BCUT2D eigenvalue weighted by Gasteiger charge is -2.40. The molecule has 0 spiro atoms. The summed E-state index contributed by atoms with van der Waals surface area (Å²) in [5, 5.41) is 0. The number of anilines is 1. The highest BCUT2D eigenvalue weighted by Crippen LogP contribution is 2.21. The second-order valence-electron chi connectivity index (χ2n) is 7.22. The standard InChI is InChI=1S/C21H27N3O3/c1-14-11-19(16(3)22-14)20(25)13-23-9-10-24(12-15(23)2)18-7-5-17(6-8-18)21(26)27-4/h5-8,11,15,22H,9-10,12-13H2,1-4H3. The van der Waals surface area contributed by atoms with Crippen LogP contribution in [0.25, 0.3) is 0 Å². The molecule has 1 N–H and O–H groups in total. The first kappa shape index (κ1) is 19.2. The van der Waals surface area contributed by atoms with Crippen molar-refractivity contribution >= 4 is 17.4 Å². The third kappa shape index (κ3) is 4.22. The maximum absolute atomic E-state index is 12.7. The van der Waals surface area contributed by atoms with E-state index in [4.69, 9.17) is 4.74 Å². The van der Waals surface area contributed by atoms with Gasteiger partial charge >= 0.3 is 5.97 Å². The van der Waals surface area contributed by atoms with Gasteiger partial charge in [-0.15, -0.1) is 0 Å². The van der Waals surface area contributed by atoms with Gasteiger partial charge < -0.3 is 14.6 Å². The summed E-state index contributed by atoms with van der Waals surface area (Å²) in [5.41, 5.74) is 4.38. The normalized spacial score (nSPS) is 17.8. The summed E-state index contributed by atoms with van der Waals surface area (Å²) in [6.07, 6.45) is 0. The molecule has 0 bridgehead atoms. The van der Waals surface area contributed by atoms with Gasteiger partial charge in [0.15, 0.2) is 5.78 Å². The molecule has 1 aliphatic rings.